The third-order valence-electron chi connectivity index (χ3n) is 3.51. The van der Waals surface area contributed by atoms with Crippen molar-refractivity contribution in [2.75, 3.05) is 20.3 Å². The van der Waals surface area contributed by atoms with E-state index < -0.39 is 11.7 Å². The van der Waals surface area contributed by atoms with E-state index in [0.717, 1.165) is 17.4 Å². The molecule has 2 aromatic carbocycles. The number of hydrogen-bond acceptors (Lipinski definition) is 5. The Morgan fingerprint density at radius 3 is 2.48 bits per heavy atom. The minimum absolute atomic E-state index is 0.278. The zero-order valence-corrected chi connectivity index (χ0v) is 16.1. The Balaban J connectivity index is 2.02. The van der Waals surface area contributed by atoms with Gasteiger partial charge in [0.25, 0.3) is 0 Å². The Hall–Kier alpha value is -3.02. The molecular formula is C21H25NO5. The molecule has 1 amide bonds. The second-order valence-electron chi connectivity index (χ2n) is 6.92. The van der Waals surface area contributed by atoms with Crippen molar-refractivity contribution in [2.45, 2.75) is 26.4 Å². The zero-order valence-electron chi connectivity index (χ0n) is 16.1. The minimum Gasteiger partial charge on any atom is -0.497 e. The van der Waals surface area contributed by atoms with Gasteiger partial charge in [0.2, 0.25) is 0 Å². The lowest BCUT2D eigenvalue weighted by Gasteiger charge is -2.19. The van der Waals surface area contributed by atoms with Crippen LogP contribution in [-0.2, 0) is 4.74 Å². The first-order valence-corrected chi connectivity index (χ1v) is 8.65. The highest BCUT2D eigenvalue weighted by molar-refractivity contribution is 5.79. The number of nitrogens with one attached hydrogen (secondary N) is 1. The predicted octanol–water partition coefficient (Wildman–Crippen LogP) is 4.08. The van der Waals surface area contributed by atoms with Crippen molar-refractivity contribution in [1.29, 1.82) is 0 Å². The molecule has 2 rings (SSSR count). The largest absolute Gasteiger partial charge is 0.497 e. The number of carbonyl (C=O) groups is 2. The highest BCUT2D eigenvalue weighted by Gasteiger charge is 2.15. The van der Waals surface area contributed by atoms with Crippen molar-refractivity contribution in [3.8, 4) is 22.6 Å². The Kier molecular flexibility index (Phi) is 6.82. The van der Waals surface area contributed by atoms with Gasteiger partial charge in [-0.3, -0.25) is 4.79 Å². The van der Waals surface area contributed by atoms with Gasteiger partial charge in [0.1, 0.15) is 30.0 Å². The molecule has 0 aliphatic carbocycles. The van der Waals surface area contributed by atoms with Crippen LogP contribution in [0.15, 0.2) is 42.5 Å². The number of aldehydes is 1. The maximum atomic E-state index is 11.6. The number of hydrogen-bond donors (Lipinski definition) is 1. The van der Waals surface area contributed by atoms with E-state index in [-0.39, 0.29) is 6.61 Å². The average Bonchev–Trinajstić information content (AvgIpc) is 2.63. The first-order chi connectivity index (χ1) is 12.8. The van der Waals surface area contributed by atoms with Gasteiger partial charge in [-0.1, -0.05) is 18.2 Å². The van der Waals surface area contributed by atoms with Gasteiger partial charge in [-0.15, -0.1) is 0 Å². The summed E-state index contributed by atoms with van der Waals surface area (Å²) < 4.78 is 16.2. The SMILES string of the molecule is COc1cc(OCCNC(=O)OC(C)(C)C)cc(-c2cccc(C=O)c2)c1. The summed E-state index contributed by atoms with van der Waals surface area (Å²) in [6, 6.07) is 12.8. The highest BCUT2D eigenvalue weighted by atomic mass is 16.6. The second-order valence-corrected chi connectivity index (χ2v) is 6.92. The van der Waals surface area contributed by atoms with Crippen LogP contribution >= 0.6 is 0 Å². The topological polar surface area (TPSA) is 73.9 Å². The van der Waals surface area contributed by atoms with Crippen LogP contribution in [0.2, 0.25) is 0 Å². The number of benzene rings is 2. The van der Waals surface area contributed by atoms with Gasteiger partial charge in [0.15, 0.2) is 0 Å². The van der Waals surface area contributed by atoms with E-state index in [2.05, 4.69) is 5.32 Å². The molecule has 0 unspecified atom stereocenters. The lowest BCUT2D eigenvalue weighted by atomic mass is 10.0. The van der Waals surface area contributed by atoms with Crippen LogP contribution in [0.1, 0.15) is 31.1 Å². The van der Waals surface area contributed by atoms with E-state index in [1.807, 2.05) is 24.3 Å². The standard InChI is InChI=1S/C21H25NO5/c1-21(2,3)27-20(24)22-8-9-26-19-12-17(11-18(13-19)25-4)16-7-5-6-15(10-16)14-23/h5-7,10-14H,8-9H2,1-4H3,(H,22,24). The van der Waals surface area contributed by atoms with E-state index in [4.69, 9.17) is 14.2 Å². The zero-order chi connectivity index (χ0) is 19.9. The molecular weight excluding hydrogens is 346 g/mol. The molecule has 6 nitrogen and oxygen atoms in total. The van der Waals surface area contributed by atoms with Crippen LogP contribution in [-0.4, -0.2) is 38.2 Å². The third-order valence-corrected chi connectivity index (χ3v) is 3.51. The minimum atomic E-state index is -0.539. The van der Waals surface area contributed by atoms with Gasteiger partial charge in [-0.2, -0.15) is 0 Å². The molecule has 144 valence electrons. The molecule has 0 heterocycles. The van der Waals surface area contributed by atoms with E-state index in [1.165, 1.54) is 0 Å². The summed E-state index contributed by atoms with van der Waals surface area (Å²) in [7, 11) is 1.58. The van der Waals surface area contributed by atoms with E-state index in [0.29, 0.717) is 23.6 Å². The number of rotatable bonds is 7. The molecule has 2 aromatic rings. The van der Waals surface area contributed by atoms with Gasteiger partial charge in [-0.25, -0.2) is 4.79 Å². The maximum Gasteiger partial charge on any atom is 0.407 e. The summed E-state index contributed by atoms with van der Waals surface area (Å²) in [5, 5.41) is 2.64. The van der Waals surface area contributed by atoms with Crippen LogP contribution in [0.25, 0.3) is 11.1 Å². The number of ether oxygens (including phenoxy) is 3. The second kappa shape index (κ2) is 9.07. The maximum absolute atomic E-state index is 11.6. The normalized spacial score (nSPS) is 10.8. The van der Waals surface area contributed by atoms with Crippen molar-refractivity contribution >= 4 is 12.4 Å². The first-order valence-electron chi connectivity index (χ1n) is 8.65. The molecule has 0 aliphatic rings. The van der Waals surface area contributed by atoms with Crippen LogP contribution in [0, 0.1) is 0 Å². The van der Waals surface area contributed by atoms with Crippen LogP contribution in [0.5, 0.6) is 11.5 Å². The fourth-order valence-corrected chi connectivity index (χ4v) is 2.37. The van der Waals surface area contributed by atoms with Crippen LogP contribution in [0.4, 0.5) is 4.79 Å². The van der Waals surface area contributed by atoms with Gasteiger partial charge in [0.05, 0.1) is 13.7 Å². The fourth-order valence-electron chi connectivity index (χ4n) is 2.37. The molecule has 6 heteroatoms. The Morgan fingerprint density at radius 1 is 1.07 bits per heavy atom. The van der Waals surface area contributed by atoms with Crippen LogP contribution < -0.4 is 14.8 Å². The van der Waals surface area contributed by atoms with Crippen molar-refractivity contribution in [3.63, 3.8) is 0 Å². The van der Waals surface area contributed by atoms with Gasteiger partial charge in [-0.05, 0) is 50.1 Å². The van der Waals surface area contributed by atoms with E-state index in [1.54, 1.807) is 46.1 Å². The Morgan fingerprint density at radius 2 is 1.81 bits per heavy atom. The monoisotopic (exact) mass is 371 g/mol. The molecule has 0 aliphatic heterocycles. The van der Waals surface area contributed by atoms with Crippen molar-refractivity contribution < 1.29 is 23.8 Å². The predicted molar refractivity (Wildman–Crippen MR) is 104 cm³/mol. The molecule has 0 radical (unpaired) electrons. The van der Waals surface area contributed by atoms with Gasteiger partial charge < -0.3 is 19.5 Å². The van der Waals surface area contributed by atoms with Gasteiger partial charge in [0, 0.05) is 11.6 Å². The number of methoxy groups -OCH3 is 1. The molecule has 0 spiro atoms. The molecule has 0 saturated heterocycles. The van der Waals surface area contributed by atoms with Crippen molar-refractivity contribution in [2.24, 2.45) is 0 Å². The van der Waals surface area contributed by atoms with Gasteiger partial charge >= 0.3 is 6.09 Å². The summed E-state index contributed by atoms with van der Waals surface area (Å²) >= 11 is 0. The molecule has 1 N–H and O–H groups in total. The molecule has 27 heavy (non-hydrogen) atoms. The van der Waals surface area contributed by atoms with Crippen LogP contribution in [0.3, 0.4) is 0 Å². The molecule has 0 fully saturated rings. The quantitative estimate of drug-likeness (QED) is 0.586. The smallest absolute Gasteiger partial charge is 0.407 e. The summed E-state index contributed by atoms with van der Waals surface area (Å²) in [5.41, 5.74) is 1.81. The number of alkyl carbamates (subject to hydrolysis) is 1. The van der Waals surface area contributed by atoms with E-state index in [9.17, 15) is 9.59 Å². The lowest BCUT2D eigenvalue weighted by molar-refractivity contribution is 0.0520. The lowest BCUT2D eigenvalue weighted by Crippen LogP contribution is -2.34. The summed E-state index contributed by atoms with van der Waals surface area (Å²) in [6.45, 7) is 6.00. The molecule has 0 aromatic heterocycles. The summed E-state index contributed by atoms with van der Waals surface area (Å²) in [4.78, 5) is 22.6. The molecule has 0 saturated carbocycles. The molecule has 0 bridgehead atoms. The Labute approximate surface area is 159 Å². The summed E-state index contributed by atoms with van der Waals surface area (Å²) in [5.74, 6) is 1.24. The number of amides is 1. The molecule has 0 atom stereocenters. The van der Waals surface area contributed by atoms with Crippen molar-refractivity contribution in [1.82, 2.24) is 5.32 Å². The number of carbonyl (C=O) groups excluding carboxylic acids is 2. The third kappa shape index (κ3) is 6.66. The summed E-state index contributed by atoms with van der Waals surface area (Å²) in [6.07, 6.45) is 0.326. The van der Waals surface area contributed by atoms with Crippen molar-refractivity contribution in [3.05, 3.63) is 48.0 Å². The van der Waals surface area contributed by atoms with E-state index >= 15 is 0 Å². The first kappa shape index (κ1) is 20.3. The Bertz CT molecular complexity index is 795. The highest BCUT2D eigenvalue weighted by Crippen LogP contribution is 2.30. The fraction of sp³-hybridized carbons (Fsp3) is 0.333. The average molecular weight is 371 g/mol.